The molecule has 43 heavy (non-hydrogen) atoms. The lowest BCUT2D eigenvalue weighted by atomic mass is 9.95. The molecule has 6 heteroatoms. The second kappa shape index (κ2) is 19.5. The maximum absolute atomic E-state index is 13.0. The van der Waals surface area contributed by atoms with Crippen LogP contribution in [0.25, 0.3) is 11.1 Å². The first-order valence-electron chi connectivity index (χ1n) is 17.0. The van der Waals surface area contributed by atoms with Gasteiger partial charge in [-0.1, -0.05) is 96.5 Å². The highest BCUT2D eigenvalue weighted by atomic mass is 16.5. The summed E-state index contributed by atoms with van der Waals surface area (Å²) in [6.45, 7) is 2.26. The van der Waals surface area contributed by atoms with Crippen molar-refractivity contribution >= 4 is 5.97 Å². The molecule has 0 aliphatic heterocycles. The molecule has 1 aliphatic carbocycles. The number of methoxy groups -OCH3 is 2. The van der Waals surface area contributed by atoms with E-state index in [1.807, 2.05) is 24.3 Å². The Labute approximate surface area is 260 Å². The second-order valence-corrected chi connectivity index (χ2v) is 12.2. The minimum absolute atomic E-state index is 0.0654. The van der Waals surface area contributed by atoms with Crippen LogP contribution in [-0.2, 0) is 17.6 Å². The van der Waals surface area contributed by atoms with Gasteiger partial charge in [0, 0.05) is 17.5 Å². The van der Waals surface area contributed by atoms with E-state index in [2.05, 4.69) is 6.92 Å². The fraction of sp³-hybridized carbons (Fsp3) is 0.649. The van der Waals surface area contributed by atoms with Crippen LogP contribution in [0.1, 0.15) is 134 Å². The number of phenolic OH excluding ortho intramolecular Hbond substituents is 1. The zero-order chi connectivity index (χ0) is 30.9. The lowest BCUT2D eigenvalue weighted by molar-refractivity contribution is -0.134. The molecule has 2 N–H and O–H groups in total. The summed E-state index contributed by atoms with van der Waals surface area (Å²) in [7, 11) is 3.07. The van der Waals surface area contributed by atoms with Crippen molar-refractivity contribution in [3.8, 4) is 34.1 Å². The highest BCUT2D eigenvalue weighted by Crippen LogP contribution is 2.49. The number of aromatic hydroxyl groups is 1. The van der Waals surface area contributed by atoms with E-state index >= 15 is 0 Å². The fourth-order valence-electron chi connectivity index (χ4n) is 6.13. The Bertz CT molecular complexity index is 1110. The smallest absolute Gasteiger partial charge is 0.311 e. The third-order valence-electron chi connectivity index (χ3n) is 8.74. The van der Waals surface area contributed by atoms with Gasteiger partial charge in [0.25, 0.3) is 0 Å². The van der Waals surface area contributed by atoms with Crippen LogP contribution < -0.4 is 14.2 Å². The molecular formula is C37H56O6. The molecule has 0 heterocycles. The van der Waals surface area contributed by atoms with Crippen molar-refractivity contribution in [3.05, 3.63) is 35.4 Å². The maximum Gasteiger partial charge on any atom is 0.311 e. The number of hydrogen-bond acceptors (Lipinski definition) is 6. The number of aliphatic hydroxyl groups is 1. The van der Waals surface area contributed by atoms with Crippen LogP contribution in [0.15, 0.2) is 24.3 Å². The third-order valence-corrected chi connectivity index (χ3v) is 8.74. The highest BCUT2D eigenvalue weighted by Gasteiger charge is 2.24. The predicted molar refractivity (Wildman–Crippen MR) is 174 cm³/mol. The van der Waals surface area contributed by atoms with Crippen molar-refractivity contribution in [2.45, 2.75) is 141 Å². The maximum atomic E-state index is 13.0. The van der Waals surface area contributed by atoms with Gasteiger partial charge in [0.1, 0.15) is 5.75 Å². The van der Waals surface area contributed by atoms with Crippen molar-refractivity contribution in [2.24, 2.45) is 0 Å². The van der Waals surface area contributed by atoms with E-state index in [4.69, 9.17) is 14.2 Å². The number of fused-ring (bicyclic) bond motifs is 5. The van der Waals surface area contributed by atoms with Crippen LogP contribution in [0.3, 0.4) is 0 Å². The summed E-state index contributed by atoms with van der Waals surface area (Å²) in [6.07, 6.45) is 20.8. The number of unbranched alkanes of at least 4 members (excludes halogenated alkanes) is 12. The molecule has 1 atom stereocenters. The van der Waals surface area contributed by atoms with Gasteiger partial charge in [0.2, 0.25) is 5.75 Å². The first-order chi connectivity index (χ1) is 21.0. The summed E-state index contributed by atoms with van der Waals surface area (Å²) >= 11 is 0. The monoisotopic (exact) mass is 596 g/mol. The van der Waals surface area contributed by atoms with E-state index in [0.717, 1.165) is 60.8 Å². The van der Waals surface area contributed by atoms with Gasteiger partial charge in [-0.05, 0) is 67.9 Å². The normalized spacial score (nSPS) is 15.2. The molecule has 0 amide bonds. The number of benzene rings is 2. The molecule has 3 rings (SSSR count). The van der Waals surface area contributed by atoms with E-state index in [0.29, 0.717) is 37.2 Å². The molecule has 0 saturated heterocycles. The molecular weight excluding hydrogens is 540 g/mol. The van der Waals surface area contributed by atoms with Crippen molar-refractivity contribution in [2.75, 3.05) is 14.2 Å². The molecule has 0 spiro atoms. The topological polar surface area (TPSA) is 85.2 Å². The Balaban J connectivity index is 1.61. The summed E-state index contributed by atoms with van der Waals surface area (Å²) in [4.78, 5) is 13.0. The van der Waals surface area contributed by atoms with Crippen molar-refractivity contribution in [3.63, 3.8) is 0 Å². The number of phenols is 1. The van der Waals surface area contributed by atoms with Gasteiger partial charge in [-0.15, -0.1) is 0 Å². The molecule has 0 radical (unpaired) electrons. The van der Waals surface area contributed by atoms with Gasteiger partial charge in [-0.2, -0.15) is 0 Å². The second-order valence-electron chi connectivity index (χ2n) is 12.2. The molecule has 0 fully saturated rings. The minimum atomic E-state index is -0.372. The van der Waals surface area contributed by atoms with Crippen LogP contribution in [0.4, 0.5) is 0 Å². The van der Waals surface area contributed by atoms with Gasteiger partial charge in [0.05, 0.1) is 20.3 Å². The molecule has 4 bridgehead atoms. The van der Waals surface area contributed by atoms with Crippen LogP contribution >= 0.6 is 0 Å². The summed E-state index contributed by atoms with van der Waals surface area (Å²) in [5, 5.41) is 21.5. The zero-order valence-electron chi connectivity index (χ0n) is 27.1. The molecule has 1 aliphatic rings. The van der Waals surface area contributed by atoms with Gasteiger partial charge in [-0.25, -0.2) is 0 Å². The Morgan fingerprint density at radius 2 is 1.40 bits per heavy atom. The molecule has 6 nitrogen and oxygen atoms in total. The zero-order valence-corrected chi connectivity index (χ0v) is 27.1. The molecule has 240 valence electrons. The van der Waals surface area contributed by atoms with E-state index < -0.39 is 0 Å². The summed E-state index contributed by atoms with van der Waals surface area (Å²) < 4.78 is 17.3. The van der Waals surface area contributed by atoms with Gasteiger partial charge in [0.15, 0.2) is 11.5 Å². The number of hydrogen-bond donors (Lipinski definition) is 2. The molecule has 2 aromatic carbocycles. The number of carbonyl (C=O) groups excluding carboxylic acids is 1. The highest BCUT2D eigenvalue weighted by molar-refractivity contribution is 5.84. The van der Waals surface area contributed by atoms with E-state index in [1.165, 1.54) is 71.3 Å². The number of aryl methyl sites for hydroxylation is 2. The van der Waals surface area contributed by atoms with E-state index in [-0.39, 0.29) is 23.6 Å². The largest absolute Gasteiger partial charge is 0.504 e. The number of aliphatic hydroxyl groups excluding tert-OH is 1. The standard InChI is InChI=1S/C37H56O6/c1-4-5-6-7-8-9-10-11-12-13-14-15-16-21-34(39)43-33-25-23-28-22-24-30(38)20-18-17-19-29-27-32(31(33)26-28)36(41-2)37(42-3)35(29)40/h23,25-27,30,38,40H,4-22,24H2,1-3H3/t30-/m0/s1. The lowest BCUT2D eigenvalue weighted by Crippen LogP contribution is -2.09. The van der Waals surface area contributed by atoms with Gasteiger partial charge < -0.3 is 24.4 Å². The van der Waals surface area contributed by atoms with Crippen LogP contribution in [0.5, 0.6) is 23.0 Å². The summed E-state index contributed by atoms with van der Waals surface area (Å²) in [5.41, 5.74) is 3.23. The van der Waals surface area contributed by atoms with Gasteiger partial charge in [-0.3, -0.25) is 4.79 Å². The van der Waals surface area contributed by atoms with Crippen LogP contribution in [0.2, 0.25) is 0 Å². The van der Waals surface area contributed by atoms with Gasteiger partial charge >= 0.3 is 5.97 Å². The first-order valence-corrected chi connectivity index (χ1v) is 17.0. The van der Waals surface area contributed by atoms with Crippen molar-refractivity contribution < 1.29 is 29.2 Å². The number of ether oxygens (including phenoxy) is 3. The summed E-state index contributed by atoms with van der Waals surface area (Å²) in [6, 6.07) is 7.75. The SMILES string of the molecule is CCCCCCCCCCCCCCCC(=O)Oc1ccc2cc1-c1cc(c(O)c(OC)c1OC)CCCC[C@H](O)CC2. The number of esters is 1. The predicted octanol–water partition coefficient (Wildman–Crippen LogP) is 9.48. The Morgan fingerprint density at radius 1 is 0.767 bits per heavy atom. The number of carbonyl (C=O) groups is 1. The molecule has 0 unspecified atom stereocenters. The van der Waals surface area contributed by atoms with E-state index in [9.17, 15) is 15.0 Å². The molecule has 0 saturated carbocycles. The van der Waals surface area contributed by atoms with Crippen molar-refractivity contribution in [1.29, 1.82) is 0 Å². The third kappa shape index (κ3) is 11.4. The minimum Gasteiger partial charge on any atom is -0.504 e. The quantitative estimate of drug-likeness (QED) is 0.107. The fourth-order valence-corrected chi connectivity index (χ4v) is 6.13. The lowest BCUT2D eigenvalue weighted by Gasteiger charge is -2.19. The summed E-state index contributed by atoms with van der Waals surface area (Å²) in [5.74, 6) is 0.978. The van der Waals surface area contributed by atoms with E-state index in [1.54, 1.807) is 7.11 Å². The Morgan fingerprint density at radius 3 is 2.02 bits per heavy atom. The average molecular weight is 597 g/mol. The average Bonchev–Trinajstić information content (AvgIpc) is 3.01. The van der Waals surface area contributed by atoms with Crippen LogP contribution in [-0.4, -0.2) is 36.5 Å². The number of rotatable bonds is 17. The molecule has 0 aromatic heterocycles. The Hall–Kier alpha value is -2.73. The van der Waals surface area contributed by atoms with Crippen LogP contribution in [0, 0.1) is 0 Å². The van der Waals surface area contributed by atoms with Crippen molar-refractivity contribution in [1.82, 2.24) is 0 Å². The first kappa shape index (κ1) is 34.8. The Kier molecular flexibility index (Phi) is 15.8. The molecule has 2 aromatic rings.